The molecule has 0 aromatic heterocycles. The summed E-state index contributed by atoms with van der Waals surface area (Å²) in [4.78, 5) is 31.7. The van der Waals surface area contributed by atoms with Gasteiger partial charge in [0.2, 0.25) is 0 Å². The van der Waals surface area contributed by atoms with E-state index in [1.54, 1.807) is 9.80 Å². The summed E-state index contributed by atoms with van der Waals surface area (Å²) in [6.07, 6.45) is 4.41. The van der Waals surface area contributed by atoms with Crippen molar-refractivity contribution in [2.45, 2.75) is 39.2 Å². The average molecular weight is 345 g/mol. The number of amides is 2. The molecule has 0 atom stereocenters. The summed E-state index contributed by atoms with van der Waals surface area (Å²) in [7, 11) is 0. The normalized spacial score (nSPS) is 14.7. The van der Waals surface area contributed by atoms with E-state index in [0.717, 1.165) is 30.5 Å². The van der Waals surface area contributed by atoms with Gasteiger partial charge in [0.15, 0.2) is 0 Å². The number of benzene rings is 1. The fourth-order valence-corrected chi connectivity index (χ4v) is 2.86. The van der Waals surface area contributed by atoms with Crippen molar-refractivity contribution in [3.8, 4) is 0 Å². The van der Waals surface area contributed by atoms with Gasteiger partial charge in [0, 0.05) is 26.2 Å². The van der Waals surface area contributed by atoms with E-state index in [4.69, 9.17) is 0 Å². The molecule has 1 heterocycles. The highest BCUT2D eigenvalue weighted by atomic mass is 32.1. The van der Waals surface area contributed by atoms with Gasteiger partial charge in [-0.2, -0.15) is 4.99 Å². The minimum absolute atomic E-state index is 0.375. The highest BCUT2D eigenvalue weighted by Crippen LogP contribution is 2.16. The third-order valence-electron chi connectivity index (χ3n) is 4.16. The van der Waals surface area contributed by atoms with Gasteiger partial charge in [-0.1, -0.05) is 38.3 Å². The maximum atomic E-state index is 12.3. The quantitative estimate of drug-likeness (QED) is 0.315. The second-order valence-electron chi connectivity index (χ2n) is 5.95. The van der Waals surface area contributed by atoms with Crippen LogP contribution in [0.1, 0.15) is 38.2 Å². The smallest absolute Gasteiger partial charge is 0.312 e. The van der Waals surface area contributed by atoms with Gasteiger partial charge in [-0.3, -0.25) is 9.59 Å². The Kier molecular flexibility index (Phi) is 7.09. The lowest BCUT2D eigenvalue weighted by atomic mass is 10.1. The summed E-state index contributed by atoms with van der Waals surface area (Å²) in [6, 6.07) is 7.43. The van der Waals surface area contributed by atoms with Crippen LogP contribution in [-0.4, -0.2) is 46.4 Å². The molecule has 0 aliphatic carbocycles. The van der Waals surface area contributed by atoms with E-state index in [1.165, 1.54) is 6.42 Å². The first kappa shape index (κ1) is 18.3. The zero-order valence-electron chi connectivity index (χ0n) is 14.0. The van der Waals surface area contributed by atoms with Crippen molar-refractivity contribution in [3.63, 3.8) is 0 Å². The van der Waals surface area contributed by atoms with Crippen LogP contribution in [0.25, 0.3) is 0 Å². The molecule has 1 fully saturated rings. The summed E-state index contributed by atoms with van der Waals surface area (Å²) < 4.78 is 0. The maximum absolute atomic E-state index is 12.3. The molecule has 2 rings (SSSR count). The summed E-state index contributed by atoms with van der Waals surface area (Å²) in [6.45, 7) is 4.47. The third-order valence-corrected chi connectivity index (χ3v) is 4.25. The standard InChI is InChI=1S/C18H23N3O2S/c1-2-3-4-5-10-20-11-12-21(18(23)17(20)22)13-15-6-8-16(9-7-15)19-14-24/h6-9H,2-5,10-13H2,1H3. The van der Waals surface area contributed by atoms with E-state index in [-0.39, 0.29) is 5.91 Å². The molecule has 0 saturated carbocycles. The Morgan fingerprint density at radius 3 is 2.38 bits per heavy atom. The first-order chi connectivity index (χ1) is 11.7. The zero-order valence-corrected chi connectivity index (χ0v) is 14.8. The molecule has 0 spiro atoms. The van der Waals surface area contributed by atoms with Gasteiger partial charge in [-0.25, -0.2) is 0 Å². The predicted molar refractivity (Wildman–Crippen MR) is 97.3 cm³/mol. The van der Waals surface area contributed by atoms with E-state index >= 15 is 0 Å². The number of rotatable bonds is 8. The van der Waals surface area contributed by atoms with Crippen LogP contribution in [-0.2, 0) is 16.1 Å². The van der Waals surface area contributed by atoms with Crippen molar-refractivity contribution in [1.29, 1.82) is 0 Å². The summed E-state index contributed by atoms with van der Waals surface area (Å²) in [5.74, 6) is -0.780. The Morgan fingerprint density at radius 2 is 1.71 bits per heavy atom. The molecule has 128 valence electrons. The molecule has 1 aromatic carbocycles. The number of unbranched alkanes of at least 4 members (excludes halogenated alkanes) is 3. The van der Waals surface area contributed by atoms with Gasteiger partial charge >= 0.3 is 11.8 Å². The number of thiocarbonyl (C=S) groups is 1. The van der Waals surface area contributed by atoms with Gasteiger partial charge in [0.25, 0.3) is 0 Å². The Balaban J connectivity index is 1.88. The number of isothiocyanates is 1. The molecule has 0 N–H and O–H groups in total. The van der Waals surface area contributed by atoms with Crippen LogP contribution >= 0.6 is 12.2 Å². The lowest BCUT2D eigenvalue weighted by molar-refractivity contribution is -0.156. The molecule has 2 amide bonds. The van der Waals surface area contributed by atoms with Gasteiger partial charge in [0.1, 0.15) is 0 Å². The molecule has 0 unspecified atom stereocenters. The van der Waals surface area contributed by atoms with Crippen LogP contribution in [0.5, 0.6) is 0 Å². The second-order valence-corrected chi connectivity index (χ2v) is 6.13. The Bertz CT molecular complexity index is 624. The average Bonchev–Trinajstić information content (AvgIpc) is 2.59. The van der Waals surface area contributed by atoms with Crippen LogP contribution in [0.3, 0.4) is 0 Å². The molecule has 5 nitrogen and oxygen atoms in total. The SMILES string of the molecule is CCCCCCN1CCN(Cc2ccc(N=C=S)cc2)C(=O)C1=O. The van der Waals surface area contributed by atoms with Gasteiger partial charge in [0.05, 0.1) is 10.8 Å². The number of carbonyl (C=O) groups excluding carboxylic acids is 2. The molecule has 1 saturated heterocycles. The molecular weight excluding hydrogens is 322 g/mol. The monoisotopic (exact) mass is 345 g/mol. The zero-order chi connectivity index (χ0) is 17.4. The Morgan fingerprint density at radius 1 is 1.04 bits per heavy atom. The van der Waals surface area contributed by atoms with Crippen LogP contribution in [0, 0.1) is 0 Å². The lowest BCUT2D eigenvalue weighted by Gasteiger charge is -2.33. The van der Waals surface area contributed by atoms with E-state index in [0.29, 0.717) is 26.2 Å². The number of hydrogen-bond donors (Lipinski definition) is 0. The van der Waals surface area contributed by atoms with Crippen molar-refractivity contribution in [2.75, 3.05) is 19.6 Å². The summed E-state index contributed by atoms with van der Waals surface area (Å²) in [5, 5.41) is 2.32. The Hall–Kier alpha value is -2.04. The molecule has 0 bridgehead atoms. The largest absolute Gasteiger partial charge is 0.333 e. The molecule has 0 radical (unpaired) electrons. The highest BCUT2D eigenvalue weighted by Gasteiger charge is 2.31. The van der Waals surface area contributed by atoms with E-state index in [9.17, 15) is 9.59 Å². The third kappa shape index (κ3) is 4.98. The number of piperazine rings is 1. The second kappa shape index (κ2) is 9.30. The van der Waals surface area contributed by atoms with Crippen molar-refractivity contribution < 1.29 is 9.59 Å². The number of aliphatic imine (C=N–C) groups is 1. The first-order valence-electron chi connectivity index (χ1n) is 8.40. The number of nitrogens with zero attached hydrogens (tertiary/aromatic N) is 3. The van der Waals surface area contributed by atoms with Gasteiger partial charge in [-0.15, -0.1) is 0 Å². The molecule has 1 aliphatic rings. The maximum Gasteiger partial charge on any atom is 0.312 e. The van der Waals surface area contributed by atoms with E-state index in [1.807, 2.05) is 24.3 Å². The highest BCUT2D eigenvalue weighted by molar-refractivity contribution is 7.78. The van der Waals surface area contributed by atoms with Gasteiger partial charge in [-0.05, 0) is 36.3 Å². The van der Waals surface area contributed by atoms with Crippen molar-refractivity contribution in [1.82, 2.24) is 9.80 Å². The fourth-order valence-electron chi connectivity index (χ4n) is 2.76. The number of carbonyl (C=O) groups is 2. The van der Waals surface area contributed by atoms with Crippen LogP contribution < -0.4 is 0 Å². The lowest BCUT2D eigenvalue weighted by Crippen LogP contribution is -2.54. The minimum Gasteiger partial charge on any atom is -0.333 e. The predicted octanol–water partition coefficient (Wildman–Crippen LogP) is 3.17. The number of hydrogen-bond acceptors (Lipinski definition) is 4. The fraction of sp³-hybridized carbons (Fsp3) is 0.500. The van der Waals surface area contributed by atoms with Crippen LogP contribution in [0.15, 0.2) is 29.3 Å². The first-order valence-corrected chi connectivity index (χ1v) is 8.81. The van der Waals surface area contributed by atoms with E-state index < -0.39 is 5.91 Å². The molecule has 6 heteroatoms. The van der Waals surface area contributed by atoms with Crippen LogP contribution in [0.2, 0.25) is 0 Å². The topological polar surface area (TPSA) is 53.0 Å². The van der Waals surface area contributed by atoms with Crippen molar-refractivity contribution in [3.05, 3.63) is 29.8 Å². The van der Waals surface area contributed by atoms with Crippen LogP contribution in [0.4, 0.5) is 5.69 Å². The molecule has 1 aliphatic heterocycles. The minimum atomic E-state index is -0.405. The van der Waals surface area contributed by atoms with E-state index in [2.05, 4.69) is 29.3 Å². The summed E-state index contributed by atoms with van der Waals surface area (Å²) >= 11 is 4.57. The Labute approximate surface area is 148 Å². The molecule has 24 heavy (non-hydrogen) atoms. The van der Waals surface area contributed by atoms with Crippen molar-refractivity contribution in [2.24, 2.45) is 4.99 Å². The molecular formula is C18H23N3O2S. The van der Waals surface area contributed by atoms with Crippen molar-refractivity contribution >= 4 is 34.9 Å². The molecule has 1 aromatic rings. The van der Waals surface area contributed by atoms with Gasteiger partial charge < -0.3 is 9.80 Å². The summed E-state index contributed by atoms with van der Waals surface area (Å²) in [5.41, 5.74) is 1.70.